The Balaban J connectivity index is 3.14. The predicted molar refractivity (Wildman–Crippen MR) is 83.5 cm³/mol. The summed E-state index contributed by atoms with van der Waals surface area (Å²) in [6.07, 6.45) is 1.25. The van der Waals surface area contributed by atoms with Gasteiger partial charge in [0.2, 0.25) is 10.0 Å². The van der Waals surface area contributed by atoms with Gasteiger partial charge in [-0.1, -0.05) is 25.4 Å². The molecule has 0 aliphatic carbocycles. The molecule has 7 heteroatoms. The topological polar surface area (TPSA) is 46.2 Å². The van der Waals surface area contributed by atoms with E-state index in [1.165, 1.54) is 12.1 Å². The molecule has 0 heterocycles. The van der Waals surface area contributed by atoms with Crippen molar-refractivity contribution in [3.8, 4) is 0 Å². The van der Waals surface area contributed by atoms with Gasteiger partial charge in [-0.05, 0) is 47.0 Å². The standard InChI is InChI=1S/C12H16BrCl2NO2S/c1-3-12(4-2,8-14)16-19(17,18)9-5-6-11(15)10(13)7-9/h5-7,16H,3-4,8H2,1-2H3. The van der Waals surface area contributed by atoms with Crippen molar-refractivity contribution in [2.45, 2.75) is 37.1 Å². The van der Waals surface area contributed by atoms with Gasteiger partial charge in [0, 0.05) is 15.9 Å². The van der Waals surface area contributed by atoms with E-state index < -0.39 is 15.6 Å². The average molecular weight is 389 g/mol. The quantitative estimate of drug-likeness (QED) is 0.743. The van der Waals surface area contributed by atoms with Crippen LogP contribution in [0.25, 0.3) is 0 Å². The second-order valence-electron chi connectivity index (χ2n) is 4.30. The summed E-state index contributed by atoms with van der Waals surface area (Å²) in [6.45, 7) is 3.82. The lowest BCUT2D eigenvalue weighted by Crippen LogP contribution is -2.49. The highest BCUT2D eigenvalue weighted by molar-refractivity contribution is 9.10. The van der Waals surface area contributed by atoms with Crippen molar-refractivity contribution < 1.29 is 8.42 Å². The van der Waals surface area contributed by atoms with E-state index in [-0.39, 0.29) is 10.8 Å². The van der Waals surface area contributed by atoms with Gasteiger partial charge in [-0.15, -0.1) is 11.6 Å². The molecular weight excluding hydrogens is 373 g/mol. The third kappa shape index (κ3) is 4.08. The Morgan fingerprint density at radius 1 is 1.32 bits per heavy atom. The number of sulfonamides is 1. The Hall–Kier alpha value is 0.190. The Morgan fingerprint density at radius 2 is 1.89 bits per heavy atom. The van der Waals surface area contributed by atoms with Crippen LogP contribution in [-0.2, 0) is 10.0 Å². The van der Waals surface area contributed by atoms with E-state index >= 15 is 0 Å². The number of rotatable bonds is 6. The van der Waals surface area contributed by atoms with Crippen molar-refractivity contribution in [1.82, 2.24) is 4.72 Å². The molecule has 0 fully saturated rings. The monoisotopic (exact) mass is 387 g/mol. The first kappa shape index (κ1) is 17.2. The smallest absolute Gasteiger partial charge is 0.207 e. The summed E-state index contributed by atoms with van der Waals surface area (Å²) in [6, 6.07) is 4.50. The van der Waals surface area contributed by atoms with Gasteiger partial charge < -0.3 is 0 Å². The highest BCUT2D eigenvalue weighted by atomic mass is 79.9. The summed E-state index contributed by atoms with van der Waals surface area (Å²) in [5, 5.41) is 0.466. The Kier molecular flexibility index (Phi) is 6.14. The van der Waals surface area contributed by atoms with Crippen LogP contribution in [0, 0.1) is 0 Å². The van der Waals surface area contributed by atoms with E-state index in [2.05, 4.69) is 20.7 Å². The van der Waals surface area contributed by atoms with E-state index in [9.17, 15) is 8.42 Å². The molecule has 1 N–H and O–H groups in total. The maximum Gasteiger partial charge on any atom is 0.241 e. The minimum absolute atomic E-state index is 0.167. The zero-order valence-electron chi connectivity index (χ0n) is 10.7. The SMILES string of the molecule is CCC(CC)(CCl)NS(=O)(=O)c1ccc(Cl)c(Br)c1. The van der Waals surface area contributed by atoms with Crippen LogP contribution in [0.1, 0.15) is 26.7 Å². The van der Waals surface area contributed by atoms with Crippen molar-refractivity contribution in [3.63, 3.8) is 0 Å². The summed E-state index contributed by atoms with van der Waals surface area (Å²) in [4.78, 5) is 0.167. The van der Waals surface area contributed by atoms with E-state index in [1.807, 2.05) is 13.8 Å². The molecule has 1 aromatic carbocycles. The summed E-state index contributed by atoms with van der Waals surface area (Å²) < 4.78 is 27.9. The third-order valence-electron chi connectivity index (χ3n) is 3.16. The molecule has 0 spiro atoms. The van der Waals surface area contributed by atoms with Crippen LogP contribution in [0.15, 0.2) is 27.6 Å². The number of benzene rings is 1. The molecule has 0 unspecified atom stereocenters. The largest absolute Gasteiger partial charge is 0.241 e. The fraction of sp³-hybridized carbons (Fsp3) is 0.500. The molecule has 0 bridgehead atoms. The van der Waals surface area contributed by atoms with Gasteiger partial charge in [0.25, 0.3) is 0 Å². The Bertz CT molecular complexity index is 536. The third-order valence-corrected chi connectivity index (χ3v) is 6.46. The van der Waals surface area contributed by atoms with Crippen LogP contribution in [0.4, 0.5) is 0 Å². The van der Waals surface area contributed by atoms with Gasteiger partial charge in [0.05, 0.1) is 9.92 Å². The summed E-state index contributed by atoms with van der Waals surface area (Å²) in [5.41, 5.74) is -0.619. The van der Waals surface area contributed by atoms with Gasteiger partial charge in [-0.3, -0.25) is 0 Å². The maximum atomic E-state index is 12.4. The van der Waals surface area contributed by atoms with Gasteiger partial charge in [0.15, 0.2) is 0 Å². The van der Waals surface area contributed by atoms with Crippen molar-refractivity contribution in [1.29, 1.82) is 0 Å². The molecule has 0 radical (unpaired) electrons. The Labute approximate surface area is 132 Å². The molecule has 0 aliphatic heterocycles. The maximum absolute atomic E-state index is 12.4. The van der Waals surface area contributed by atoms with Crippen molar-refractivity contribution in [3.05, 3.63) is 27.7 Å². The normalized spacial score (nSPS) is 12.7. The first-order valence-corrected chi connectivity index (χ1v) is 9.04. The highest BCUT2D eigenvalue weighted by Gasteiger charge is 2.31. The molecule has 0 aliphatic rings. The molecule has 3 nitrogen and oxygen atoms in total. The van der Waals surface area contributed by atoms with Crippen molar-refractivity contribution in [2.24, 2.45) is 0 Å². The summed E-state index contributed by atoms with van der Waals surface area (Å²) >= 11 is 15.0. The van der Waals surface area contributed by atoms with Crippen LogP contribution < -0.4 is 4.72 Å². The summed E-state index contributed by atoms with van der Waals surface area (Å²) in [5.74, 6) is 0.230. The minimum Gasteiger partial charge on any atom is -0.207 e. The number of alkyl halides is 1. The lowest BCUT2D eigenvalue weighted by atomic mass is 9.97. The fourth-order valence-electron chi connectivity index (χ4n) is 1.60. The van der Waals surface area contributed by atoms with Crippen LogP contribution in [0.5, 0.6) is 0 Å². The highest BCUT2D eigenvalue weighted by Crippen LogP contribution is 2.27. The van der Waals surface area contributed by atoms with Crippen molar-refractivity contribution >= 4 is 49.2 Å². The van der Waals surface area contributed by atoms with Crippen LogP contribution in [0.2, 0.25) is 5.02 Å². The molecule has 0 saturated heterocycles. The van der Waals surface area contributed by atoms with Gasteiger partial charge in [-0.2, -0.15) is 0 Å². The molecule has 0 saturated carbocycles. The summed E-state index contributed by atoms with van der Waals surface area (Å²) in [7, 11) is -3.62. The van der Waals surface area contributed by atoms with Gasteiger partial charge in [-0.25, -0.2) is 13.1 Å². The number of hydrogen-bond donors (Lipinski definition) is 1. The molecule has 1 rings (SSSR count). The molecule has 0 amide bonds. The van der Waals surface area contributed by atoms with E-state index in [0.717, 1.165) is 0 Å². The van der Waals surface area contributed by atoms with Gasteiger partial charge in [0.1, 0.15) is 0 Å². The zero-order valence-corrected chi connectivity index (χ0v) is 14.6. The zero-order chi connectivity index (χ0) is 14.7. The average Bonchev–Trinajstić information content (AvgIpc) is 2.39. The lowest BCUT2D eigenvalue weighted by molar-refractivity contribution is 0.394. The molecular formula is C12H16BrCl2NO2S. The first-order chi connectivity index (χ1) is 8.80. The molecule has 108 valence electrons. The molecule has 19 heavy (non-hydrogen) atoms. The Morgan fingerprint density at radius 3 is 2.32 bits per heavy atom. The van der Waals surface area contributed by atoms with Crippen LogP contribution in [0.3, 0.4) is 0 Å². The molecule has 0 aromatic heterocycles. The first-order valence-electron chi connectivity index (χ1n) is 5.85. The van der Waals surface area contributed by atoms with Gasteiger partial charge >= 0.3 is 0 Å². The van der Waals surface area contributed by atoms with Crippen LogP contribution in [-0.4, -0.2) is 19.8 Å². The van der Waals surface area contributed by atoms with Crippen molar-refractivity contribution in [2.75, 3.05) is 5.88 Å². The fourth-order valence-corrected chi connectivity index (χ4v) is 4.34. The second-order valence-corrected chi connectivity index (χ2v) is 7.51. The molecule has 1 aromatic rings. The predicted octanol–water partition coefficient (Wildman–Crippen LogP) is 4.18. The second kappa shape index (κ2) is 6.76. The van der Waals surface area contributed by atoms with Crippen LogP contribution >= 0.6 is 39.1 Å². The lowest BCUT2D eigenvalue weighted by Gasteiger charge is -2.30. The molecule has 0 atom stereocenters. The van der Waals surface area contributed by atoms with E-state index in [1.54, 1.807) is 6.07 Å². The van der Waals surface area contributed by atoms with E-state index in [0.29, 0.717) is 22.3 Å². The minimum atomic E-state index is -3.62. The number of hydrogen-bond acceptors (Lipinski definition) is 2. The number of halogens is 3. The number of nitrogens with one attached hydrogen (secondary N) is 1. The van der Waals surface area contributed by atoms with E-state index in [4.69, 9.17) is 23.2 Å².